The summed E-state index contributed by atoms with van der Waals surface area (Å²) >= 11 is 0. The van der Waals surface area contributed by atoms with Crippen molar-refractivity contribution in [2.45, 2.75) is 23.8 Å². The normalized spacial score (nSPS) is 20.3. The van der Waals surface area contributed by atoms with Crippen LogP contribution in [0.25, 0.3) is 0 Å². The van der Waals surface area contributed by atoms with Crippen LogP contribution in [-0.4, -0.2) is 52.3 Å². The van der Waals surface area contributed by atoms with E-state index in [0.29, 0.717) is 18.8 Å². The Morgan fingerprint density at radius 1 is 1.45 bits per heavy atom. The third-order valence-electron chi connectivity index (χ3n) is 3.78. The molecule has 1 unspecified atom stereocenters. The highest BCUT2D eigenvalue weighted by Gasteiger charge is 2.27. The molecule has 1 fully saturated rings. The molecular weight excluding hydrogens is 298 g/mol. The van der Waals surface area contributed by atoms with E-state index in [2.05, 4.69) is 17.3 Å². The maximum atomic E-state index is 12.5. The molecule has 1 amide bonds. The molecule has 6 heteroatoms. The summed E-state index contributed by atoms with van der Waals surface area (Å²) in [5.74, 6) is 4.12. The van der Waals surface area contributed by atoms with Gasteiger partial charge in [0.1, 0.15) is 6.04 Å². The van der Waals surface area contributed by atoms with Gasteiger partial charge in [-0.3, -0.25) is 9.00 Å². The first-order chi connectivity index (χ1) is 10.5. The quantitative estimate of drug-likeness (QED) is 0.624. The predicted molar refractivity (Wildman–Crippen MR) is 88.1 cm³/mol. The molecule has 1 aliphatic rings. The third-order valence-corrected chi connectivity index (χ3v) is 5.77. The first-order valence-electron chi connectivity index (χ1n) is 7.34. The molecule has 2 rings (SSSR count). The molecule has 1 aromatic rings. The van der Waals surface area contributed by atoms with Crippen molar-refractivity contribution in [1.82, 2.24) is 10.2 Å². The Hall–Kier alpha value is -1.84. The number of hydrogen-bond donors (Lipinski definition) is 1. The first kappa shape index (κ1) is 16.5. The summed E-state index contributed by atoms with van der Waals surface area (Å²) in [6, 6.07) is 11.0. The Morgan fingerprint density at radius 3 is 2.86 bits per heavy atom. The fourth-order valence-electron chi connectivity index (χ4n) is 2.52. The van der Waals surface area contributed by atoms with Crippen molar-refractivity contribution in [1.29, 1.82) is 5.26 Å². The van der Waals surface area contributed by atoms with Gasteiger partial charge in [-0.2, -0.15) is 5.26 Å². The summed E-state index contributed by atoms with van der Waals surface area (Å²) in [5, 5.41) is 12.0. The van der Waals surface area contributed by atoms with Gasteiger partial charge < -0.3 is 10.2 Å². The lowest BCUT2D eigenvalue weighted by Crippen LogP contribution is -2.41. The summed E-state index contributed by atoms with van der Waals surface area (Å²) in [6.07, 6.45) is 1.63. The van der Waals surface area contributed by atoms with Gasteiger partial charge in [0.2, 0.25) is 5.91 Å². The van der Waals surface area contributed by atoms with E-state index >= 15 is 0 Å². The molecule has 0 aliphatic carbocycles. The van der Waals surface area contributed by atoms with Crippen LogP contribution in [0.3, 0.4) is 0 Å². The molecule has 1 aromatic carbocycles. The van der Waals surface area contributed by atoms with Crippen LogP contribution < -0.4 is 5.32 Å². The van der Waals surface area contributed by atoms with Crippen molar-refractivity contribution in [3.8, 4) is 6.07 Å². The van der Waals surface area contributed by atoms with Crippen LogP contribution in [0.2, 0.25) is 0 Å². The van der Waals surface area contributed by atoms with Crippen LogP contribution in [0.4, 0.5) is 0 Å². The molecule has 22 heavy (non-hydrogen) atoms. The molecule has 2 atom stereocenters. The zero-order valence-electron chi connectivity index (χ0n) is 12.5. The minimum absolute atomic E-state index is 0.0701. The number of carbonyl (C=O) groups excluding carboxylic acids is 1. The Bertz CT molecular complexity index is 650. The molecular formula is C16H21N3O2S. The van der Waals surface area contributed by atoms with Crippen molar-refractivity contribution in [3.63, 3.8) is 0 Å². The van der Waals surface area contributed by atoms with E-state index < -0.39 is 9.52 Å². The average Bonchev–Trinajstić information content (AvgIpc) is 3.01. The molecule has 0 aromatic heterocycles. The number of carbonyl (C=O) groups is 1. The molecule has 1 N–H and O–H groups in total. The van der Waals surface area contributed by atoms with Crippen molar-refractivity contribution in [3.05, 3.63) is 30.3 Å². The molecule has 1 aliphatic heterocycles. The lowest BCUT2D eigenvalue weighted by Gasteiger charge is -2.19. The third kappa shape index (κ3) is 4.09. The van der Waals surface area contributed by atoms with Crippen molar-refractivity contribution >= 4 is 21.3 Å². The van der Waals surface area contributed by atoms with E-state index in [-0.39, 0.29) is 18.5 Å². The Kier molecular flexibility index (Phi) is 5.58. The molecule has 0 radical (unpaired) electrons. The fraction of sp³-hybridized carbons (Fsp3) is 0.438. The van der Waals surface area contributed by atoms with Gasteiger partial charge in [0, 0.05) is 23.7 Å². The van der Waals surface area contributed by atoms with Crippen LogP contribution in [0.5, 0.6) is 0 Å². The molecule has 1 saturated heterocycles. The van der Waals surface area contributed by atoms with Crippen molar-refractivity contribution < 1.29 is 9.00 Å². The SMILES string of the molecule is C=S(=O)(CCNCC(=O)N1CCC[C@H]1C#N)c1ccccc1. The second-order valence-corrected chi connectivity index (χ2v) is 7.88. The van der Waals surface area contributed by atoms with Crippen molar-refractivity contribution in [2.75, 3.05) is 25.4 Å². The number of nitrogens with one attached hydrogen (secondary N) is 1. The minimum Gasteiger partial charge on any atom is -0.326 e. The number of nitriles is 1. The average molecular weight is 319 g/mol. The summed E-state index contributed by atoms with van der Waals surface area (Å²) < 4.78 is 12.5. The zero-order valence-corrected chi connectivity index (χ0v) is 13.3. The van der Waals surface area contributed by atoms with Crippen LogP contribution >= 0.6 is 0 Å². The Labute approximate surface area is 131 Å². The Balaban J connectivity index is 1.78. The lowest BCUT2D eigenvalue weighted by atomic mass is 10.2. The molecule has 0 saturated carbocycles. The monoisotopic (exact) mass is 319 g/mol. The second kappa shape index (κ2) is 7.43. The molecule has 5 nitrogen and oxygen atoms in total. The zero-order chi connectivity index (χ0) is 16.0. The number of benzene rings is 1. The van der Waals surface area contributed by atoms with Gasteiger partial charge in [0.15, 0.2) is 0 Å². The highest BCUT2D eigenvalue weighted by Crippen LogP contribution is 2.16. The van der Waals surface area contributed by atoms with Gasteiger partial charge in [0.25, 0.3) is 0 Å². The van der Waals surface area contributed by atoms with E-state index in [1.807, 2.05) is 30.3 Å². The van der Waals surface area contributed by atoms with Crippen LogP contribution in [0.1, 0.15) is 12.8 Å². The second-order valence-electron chi connectivity index (χ2n) is 5.38. The van der Waals surface area contributed by atoms with Crippen molar-refractivity contribution in [2.24, 2.45) is 0 Å². The predicted octanol–water partition coefficient (Wildman–Crippen LogP) is 0.866. The number of amides is 1. The molecule has 0 bridgehead atoms. The minimum atomic E-state index is -2.33. The summed E-state index contributed by atoms with van der Waals surface area (Å²) in [7, 11) is -2.33. The maximum Gasteiger partial charge on any atom is 0.237 e. The van der Waals surface area contributed by atoms with E-state index in [4.69, 9.17) is 5.26 Å². The highest BCUT2D eigenvalue weighted by molar-refractivity contribution is 8.00. The van der Waals surface area contributed by atoms with Gasteiger partial charge in [-0.15, -0.1) is 0 Å². The summed E-state index contributed by atoms with van der Waals surface area (Å²) in [4.78, 5) is 14.4. The fourth-order valence-corrected chi connectivity index (χ4v) is 3.88. The topological polar surface area (TPSA) is 73.2 Å². The van der Waals surface area contributed by atoms with Crippen LogP contribution in [-0.2, 0) is 14.3 Å². The van der Waals surface area contributed by atoms with E-state index in [0.717, 1.165) is 17.7 Å². The summed E-state index contributed by atoms with van der Waals surface area (Å²) in [5.41, 5.74) is 0. The van der Waals surface area contributed by atoms with Gasteiger partial charge in [-0.25, -0.2) is 0 Å². The van der Waals surface area contributed by atoms with Crippen LogP contribution in [0, 0.1) is 11.3 Å². The number of rotatable bonds is 6. The van der Waals surface area contributed by atoms with Gasteiger partial charge in [0.05, 0.1) is 12.6 Å². The largest absolute Gasteiger partial charge is 0.326 e. The summed E-state index contributed by atoms with van der Waals surface area (Å²) in [6.45, 7) is 1.27. The lowest BCUT2D eigenvalue weighted by molar-refractivity contribution is -0.130. The van der Waals surface area contributed by atoms with Gasteiger partial charge in [-0.05, 0) is 40.4 Å². The molecule has 118 valence electrons. The molecule has 0 spiro atoms. The van der Waals surface area contributed by atoms with Gasteiger partial charge in [-0.1, -0.05) is 18.2 Å². The highest BCUT2D eigenvalue weighted by atomic mass is 32.2. The Morgan fingerprint density at radius 2 is 2.18 bits per heavy atom. The number of nitrogens with zero attached hydrogens (tertiary/aromatic N) is 2. The maximum absolute atomic E-state index is 12.5. The van der Waals surface area contributed by atoms with E-state index in [9.17, 15) is 9.00 Å². The van der Waals surface area contributed by atoms with E-state index in [1.165, 1.54) is 0 Å². The van der Waals surface area contributed by atoms with E-state index in [1.54, 1.807) is 4.90 Å². The molecule has 1 heterocycles. The standard InChI is InChI=1S/C16H21N3O2S/c1-22(21,15-7-3-2-4-8-15)11-9-18-13-16(20)19-10-5-6-14(19)12-17/h2-4,7-8,14,18H,1,5-6,9-11,13H2/t14-,22?/m0/s1. The van der Waals surface area contributed by atoms with Crippen LogP contribution in [0.15, 0.2) is 35.2 Å². The number of likely N-dealkylation sites (tertiary alicyclic amines) is 1. The first-order valence-corrected chi connectivity index (χ1v) is 9.24. The number of hydrogen-bond acceptors (Lipinski definition) is 4. The van der Waals surface area contributed by atoms with Gasteiger partial charge >= 0.3 is 0 Å². The smallest absolute Gasteiger partial charge is 0.237 e.